The van der Waals surface area contributed by atoms with Crippen LogP contribution in [0.2, 0.25) is 5.15 Å². The first-order valence-corrected chi connectivity index (χ1v) is 7.40. The Morgan fingerprint density at radius 1 is 1.33 bits per heavy atom. The topological polar surface area (TPSA) is 58.0 Å². The van der Waals surface area contributed by atoms with Crippen molar-refractivity contribution >= 4 is 33.3 Å². The van der Waals surface area contributed by atoms with Crippen LogP contribution in [0.5, 0.6) is 0 Å². The maximum absolute atomic E-state index is 9.37. The Kier molecular flexibility index (Phi) is 5.21. The average Bonchev–Trinajstić information content (AvgIpc) is 2.41. The Balaban J connectivity index is 1.96. The molecule has 2 rings (SSSR count). The number of nitrogens with one attached hydrogen (secondary N) is 1. The van der Waals surface area contributed by atoms with Crippen molar-refractivity contribution in [3.05, 3.63) is 16.0 Å². The van der Waals surface area contributed by atoms with E-state index in [4.69, 9.17) is 11.6 Å². The Hall–Kier alpha value is -0.390. The van der Waals surface area contributed by atoms with Gasteiger partial charge in [0, 0.05) is 13.2 Å². The van der Waals surface area contributed by atoms with Gasteiger partial charge in [-0.15, -0.1) is 0 Å². The molecule has 2 unspecified atom stereocenters. The molecule has 100 valence electrons. The Labute approximate surface area is 120 Å². The fourth-order valence-corrected chi connectivity index (χ4v) is 2.97. The predicted molar refractivity (Wildman–Crippen MR) is 75.8 cm³/mol. The molecule has 2 N–H and O–H groups in total. The molecule has 18 heavy (non-hydrogen) atoms. The zero-order valence-corrected chi connectivity index (χ0v) is 12.4. The summed E-state index contributed by atoms with van der Waals surface area (Å²) < 4.78 is 0.697. The van der Waals surface area contributed by atoms with E-state index in [1.807, 2.05) is 0 Å². The van der Waals surface area contributed by atoms with Crippen molar-refractivity contribution in [2.45, 2.75) is 25.7 Å². The number of hydrogen-bond acceptors (Lipinski definition) is 4. The Bertz CT molecular complexity index is 405. The zero-order chi connectivity index (χ0) is 13.0. The smallest absolute Gasteiger partial charge is 0.148 e. The molecule has 0 saturated heterocycles. The molecule has 1 fully saturated rings. The highest BCUT2D eigenvalue weighted by Crippen LogP contribution is 2.31. The summed E-state index contributed by atoms with van der Waals surface area (Å²) in [5, 5.41) is 13.1. The number of anilines is 1. The number of halogens is 2. The second-order valence-electron chi connectivity index (χ2n) is 4.70. The van der Waals surface area contributed by atoms with Crippen LogP contribution in [0, 0.1) is 11.8 Å². The molecule has 0 radical (unpaired) electrons. The van der Waals surface area contributed by atoms with Gasteiger partial charge in [0.2, 0.25) is 0 Å². The van der Waals surface area contributed by atoms with Crippen molar-refractivity contribution in [3.63, 3.8) is 0 Å². The van der Waals surface area contributed by atoms with Crippen molar-refractivity contribution < 1.29 is 5.11 Å². The van der Waals surface area contributed by atoms with Crippen LogP contribution in [0.25, 0.3) is 0 Å². The fourth-order valence-electron chi connectivity index (χ4n) is 2.49. The van der Waals surface area contributed by atoms with Crippen LogP contribution in [0.3, 0.4) is 0 Å². The molecular formula is C12H17BrClN3O. The summed E-state index contributed by atoms with van der Waals surface area (Å²) in [4.78, 5) is 8.05. The van der Waals surface area contributed by atoms with Crippen LogP contribution >= 0.6 is 27.5 Å². The van der Waals surface area contributed by atoms with Gasteiger partial charge in [-0.3, -0.25) is 0 Å². The number of aromatic nitrogens is 2. The van der Waals surface area contributed by atoms with Crippen LogP contribution in [-0.2, 0) is 0 Å². The van der Waals surface area contributed by atoms with Gasteiger partial charge >= 0.3 is 0 Å². The second-order valence-corrected chi connectivity index (χ2v) is 5.85. The number of nitrogens with zero attached hydrogens (tertiary/aromatic N) is 2. The summed E-state index contributed by atoms with van der Waals surface area (Å²) in [6.45, 7) is 1.09. The first-order chi connectivity index (χ1) is 8.72. The molecule has 0 amide bonds. The van der Waals surface area contributed by atoms with Gasteiger partial charge in [0.05, 0.1) is 4.47 Å². The lowest BCUT2D eigenvalue weighted by atomic mass is 9.79. The van der Waals surface area contributed by atoms with Crippen LogP contribution in [0.15, 0.2) is 10.8 Å². The van der Waals surface area contributed by atoms with Gasteiger partial charge in [0.15, 0.2) is 0 Å². The molecule has 2 atom stereocenters. The lowest BCUT2D eigenvalue weighted by Crippen LogP contribution is -2.28. The van der Waals surface area contributed by atoms with E-state index in [2.05, 4.69) is 31.2 Å². The van der Waals surface area contributed by atoms with Gasteiger partial charge in [-0.2, -0.15) is 0 Å². The van der Waals surface area contributed by atoms with Crippen molar-refractivity contribution in [1.82, 2.24) is 9.97 Å². The van der Waals surface area contributed by atoms with Crippen molar-refractivity contribution in [2.75, 3.05) is 18.5 Å². The molecule has 1 aliphatic rings. The number of aliphatic hydroxyl groups is 1. The van der Waals surface area contributed by atoms with E-state index >= 15 is 0 Å². The first kappa shape index (κ1) is 14.0. The van der Waals surface area contributed by atoms with Crippen LogP contribution < -0.4 is 5.32 Å². The Morgan fingerprint density at radius 3 is 2.78 bits per heavy atom. The number of aliphatic hydroxyl groups excluding tert-OH is 1. The van der Waals surface area contributed by atoms with E-state index in [1.54, 1.807) is 0 Å². The van der Waals surface area contributed by atoms with Gasteiger partial charge in [0.1, 0.15) is 17.3 Å². The third-order valence-corrected chi connectivity index (χ3v) is 4.85. The van der Waals surface area contributed by atoms with Crippen molar-refractivity contribution in [1.29, 1.82) is 0 Å². The van der Waals surface area contributed by atoms with E-state index in [1.165, 1.54) is 19.2 Å². The minimum Gasteiger partial charge on any atom is -0.396 e. The standard InChI is InChI=1S/C12H17BrClN3O/c13-10-11(14)16-7-17-12(10)15-5-8-3-1-2-4-9(8)6-18/h7-9,18H,1-6H2,(H,15,16,17). The summed E-state index contributed by atoms with van der Waals surface area (Å²) in [6.07, 6.45) is 6.20. The van der Waals surface area contributed by atoms with Gasteiger partial charge in [-0.25, -0.2) is 9.97 Å². The Morgan fingerprint density at radius 2 is 2.06 bits per heavy atom. The average molecular weight is 335 g/mol. The van der Waals surface area contributed by atoms with E-state index in [-0.39, 0.29) is 6.61 Å². The highest BCUT2D eigenvalue weighted by atomic mass is 79.9. The largest absolute Gasteiger partial charge is 0.396 e. The summed E-state index contributed by atoms with van der Waals surface area (Å²) in [5.41, 5.74) is 0. The second kappa shape index (κ2) is 6.68. The minimum absolute atomic E-state index is 0.276. The fraction of sp³-hybridized carbons (Fsp3) is 0.667. The third kappa shape index (κ3) is 3.33. The molecular weight excluding hydrogens is 318 g/mol. The molecule has 4 nitrogen and oxygen atoms in total. The monoisotopic (exact) mass is 333 g/mol. The third-order valence-electron chi connectivity index (χ3n) is 3.58. The highest BCUT2D eigenvalue weighted by Gasteiger charge is 2.24. The van der Waals surface area contributed by atoms with Gasteiger partial charge in [-0.1, -0.05) is 24.4 Å². The molecule has 0 bridgehead atoms. The summed E-state index contributed by atoms with van der Waals surface area (Å²) in [7, 11) is 0. The van der Waals surface area contributed by atoms with E-state index in [9.17, 15) is 5.11 Å². The molecule has 0 aliphatic heterocycles. The first-order valence-electron chi connectivity index (χ1n) is 6.23. The molecule has 6 heteroatoms. The molecule has 1 aromatic rings. The van der Waals surface area contributed by atoms with Crippen molar-refractivity contribution in [3.8, 4) is 0 Å². The van der Waals surface area contributed by atoms with Gasteiger partial charge in [0.25, 0.3) is 0 Å². The molecule has 0 spiro atoms. The van der Waals surface area contributed by atoms with Gasteiger partial charge < -0.3 is 10.4 Å². The quantitative estimate of drug-likeness (QED) is 0.831. The summed E-state index contributed by atoms with van der Waals surface area (Å²) >= 11 is 9.28. The molecule has 1 heterocycles. The molecule has 1 aliphatic carbocycles. The van der Waals surface area contributed by atoms with Gasteiger partial charge in [-0.05, 0) is 40.6 Å². The maximum Gasteiger partial charge on any atom is 0.148 e. The van der Waals surface area contributed by atoms with Crippen LogP contribution in [0.1, 0.15) is 25.7 Å². The zero-order valence-electron chi connectivity index (χ0n) is 10.1. The highest BCUT2D eigenvalue weighted by molar-refractivity contribution is 9.10. The molecule has 1 aromatic heterocycles. The minimum atomic E-state index is 0.276. The predicted octanol–water partition coefficient (Wildman–Crippen LogP) is 3.10. The van der Waals surface area contributed by atoms with Crippen LogP contribution in [0.4, 0.5) is 5.82 Å². The van der Waals surface area contributed by atoms with E-state index < -0.39 is 0 Å². The van der Waals surface area contributed by atoms with E-state index in [0.29, 0.717) is 21.5 Å². The lowest BCUT2D eigenvalue weighted by molar-refractivity contribution is 0.141. The SMILES string of the molecule is OCC1CCCCC1CNc1ncnc(Cl)c1Br. The number of rotatable bonds is 4. The number of hydrogen-bond donors (Lipinski definition) is 2. The summed E-state index contributed by atoms with van der Waals surface area (Å²) in [5.74, 6) is 1.63. The van der Waals surface area contributed by atoms with Crippen LogP contribution in [-0.4, -0.2) is 28.2 Å². The normalized spacial score (nSPS) is 23.9. The summed E-state index contributed by atoms with van der Waals surface area (Å²) in [6, 6.07) is 0. The maximum atomic E-state index is 9.37. The van der Waals surface area contributed by atoms with Crippen molar-refractivity contribution in [2.24, 2.45) is 11.8 Å². The lowest BCUT2D eigenvalue weighted by Gasteiger charge is -2.30. The molecule has 0 aromatic carbocycles. The molecule has 1 saturated carbocycles. The van der Waals surface area contributed by atoms with E-state index in [0.717, 1.165) is 25.2 Å².